The molecule has 2 aliphatic rings. The average molecular weight is 404 g/mol. The molecule has 0 spiro atoms. The van der Waals surface area contributed by atoms with Crippen LogP contribution in [0.1, 0.15) is 35.9 Å². The fourth-order valence-corrected chi connectivity index (χ4v) is 4.39. The Labute approximate surface area is 168 Å². The highest BCUT2D eigenvalue weighted by molar-refractivity contribution is 7.13. The lowest BCUT2D eigenvalue weighted by atomic mass is 10.1. The highest BCUT2D eigenvalue weighted by Crippen LogP contribution is 2.34. The van der Waals surface area contributed by atoms with Crippen LogP contribution in [-0.2, 0) is 4.74 Å². The van der Waals surface area contributed by atoms with Crippen molar-refractivity contribution < 1.29 is 19.0 Å². The van der Waals surface area contributed by atoms with E-state index >= 15 is 0 Å². The minimum Gasteiger partial charge on any atom is -0.486 e. The minimum atomic E-state index is -0.351. The summed E-state index contributed by atoms with van der Waals surface area (Å²) in [5.41, 5.74) is 1.63. The molecule has 0 N–H and O–H groups in total. The first-order valence-electron chi connectivity index (χ1n) is 9.67. The number of carbonyl (C=O) groups is 1. The Bertz CT molecular complexity index is 833. The molecule has 1 fully saturated rings. The van der Waals surface area contributed by atoms with Crippen molar-refractivity contribution in [3.05, 3.63) is 34.8 Å². The molecule has 3 heterocycles. The van der Waals surface area contributed by atoms with Gasteiger partial charge in [-0.05, 0) is 31.5 Å². The molecule has 0 aliphatic carbocycles. The lowest BCUT2D eigenvalue weighted by Crippen LogP contribution is -2.47. The van der Waals surface area contributed by atoms with Gasteiger partial charge in [0.1, 0.15) is 13.2 Å². The van der Waals surface area contributed by atoms with Crippen molar-refractivity contribution in [2.75, 3.05) is 50.9 Å². The van der Waals surface area contributed by atoms with Gasteiger partial charge in [-0.15, -0.1) is 11.3 Å². The van der Waals surface area contributed by atoms with E-state index in [4.69, 9.17) is 14.2 Å². The molecule has 2 aliphatic heterocycles. The smallest absolute Gasteiger partial charge is 0.357 e. The lowest BCUT2D eigenvalue weighted by Gasteiger charge is -2.38. The van der Waals surface area contributed by atoms with Crippen LogP contribution in [0.4, 0.5) is 5.13 Å². The summed E-state index contributed by atoms with van der Waals surface area (Å²) in [5.74, 6) is 1.31. The summed E-state index contributed by atoms with van der Waals surface area (Å²) < 4.78 is 16.4. The van der Waals surface area contributed by atoms with Crippen molar-refractivity contribution in [1.82, 2.24) is 9.88 Å². The van der Waals surface area contributed by atoms with E-state index in [0.717, 1.165) is 42.8 Å². The van der Waals surface area contributed by atoms with Crippen molar-refractivity contribution >= 4 is 22.4 Å². The van der Waals surface area contributed by atoms with Crippen LogP contribution in [0.25, 0.3) is 0 Å². The van der Waals surface area contributed by atoms with Crippen LogP contribution < -0.4 is 14.4 Å². The Morgan fingerprint density at radius 3 is 2.71 bits per heavy atom. The molecular formula is C20H25N3O4S. The van der Waals surface area contributed by atoms with Gasteiger partial charge >= 0.3 is 5.97 Å². The second kappa shape index (κ2) is 8.36. The van der Waals surface area contributed by atoms with Crippen LogP contribution in [0, 0.1) is 0 Å². The number of ether oxygens (including phenoxy) is 3. The maximum atomic E-state index is 11.8. The van der Waals surface area contributed by atoms with E-state index in [1.54, 1.807) is 12.3 Å². The zero-order valence-corrected chi connectivity index (χ0v) is 17.0. The van der Waals surface area contributed by atoms with Gasteiger partial charge in [0.05, 0.1) is 6.61 Å². The number of hydrogen-bond acceptors (Lipinski definition) is 8. The van der Waals surface area contributed by atoms with Crippen LogP contribution >= 0.6 is 11.3 Å². The van der Waals surface area contributed by atoms with Crippen LogP contribution in [0.5, 0.6) is 11.5 Å². The van der Waals surface area contributed by atoms with E-state index in [9.17, 15) is 4.79 Å². The standard InChI is InChI=1S/C20H25N3O4S/c1-3-25-19(24)16-13-28-20(21-16)23-8-6-22(7-9-23)14(2)15-4-5-17-18(12-15)27-11-10-26-17/h4-5,12-14H,3,6-11H2,1-2H3. The third-order valence-corrected chi connectivity index (χ3v) is 6.06. The predicted molar refractivity (Wildman–Crippen MR) is 108 cm³/mol. The number of anilines is 1. The molecule has 1 aromatic carbocycles. The Morgan fingerprint density at radius 2 is 1.96 bits per heavy atom. The Balaban J connectivity index is 1.37. The maximum Gasteiger partial charge on any atom is 0.357 e. The number of carbonyl (C=O) groups excluding carboxylic acids is 1. The zero-order chi connectivity index (χ0) is 19.5. The van der Waals surface area contributed by atoms with Gasteiger partial charge in [0, 0.05) is 37.6 Å². The van der Waals surface area contributed by atoms with Crippen molar-refractivity contribution in [2.45, 2.75) is 19.9 Å². The number of thiazole rings is 1. The normalized spacial score (nSPS) is 18.0. The quantitative estimate of drug-likeness (QED) is 0.711. The summed E-state index contributed by atoms with van der Waals surface area (Å²) in [6.45, 7) is 9.23. The Hall–Kier alpha value is -2.32. The van der Waals surface area contributed by atoms with Gasteiger partial charge < -0.3 is 19.1 Å². The van der Waals surface area contributed by atoms with Crippen molar-refractivity contribution in [3.8, 4) is 11.5 Å². The largest absolute Gasteiger partial charge is 0.486 e. The second-order valence-corrected chi connectivity index (χ2v) is 7.67. The molecule has 1 atom stereocenters. The number of esters is 1. The summed E-state index contributed by atoms with van der Waals surface area (Å²) in [7, 11) is 0. The lowest BCUT2D eigenvalue weighted by molar-refractivity contribution is 0.0520. The van der Waals surface area contributed by atoms with E-state index in [2.05, 4.69) is 33.8 Å². The minimum absolute atomic E-state index is 0.296. The van der Waals surface area contributed by atoms with E-state index in [1.165, 1.54) is 16.9 Å². The Kier molecular flexibility index (Phi) is 5.68. The predicted octanol–water partition coefficient (Wildman–Crippen LogP) is 2.97. The van der Waals surface area contributed by atoms with Crippen molar-refractivity contribution in [1.29, 1.82) is 0 Å². The molecule has 1 unspecified atom stereocenters. The topological polar surface area (TPSA) is 64.1 Å². The van der Waals surface area contributed by atoms with Gasteiger partial charge in [-0.1, -0.05) is 6.07 Å². The molecule has 150 valence electrons. The van der Waals surface area contributed by atoms with Gasteiger partial charge in [-0.25, -0.2) is 9.78 Å². The number of rotatable bonds is 5. The fraction of sp³-hybridized carbons (Fsp3) is 0.500. The Morgan fingerprint density at radius 1 is 1.21 bits per heavy atom. The van der Waals surface area contributed by atoms with Crippen LogP contribution in [0.15, 0.2) is 23.6 Å². The number of fused-ring (bicyclic) bond motifs is 1. The molecule has 1 aromatic heterocycles. The third kappa shape index (κ3) is 3.93. The van der Waals surface area contributed by atoms with Crippen LogP contribution in [0.2, 0.25) is 0 Å². The van der Waals surface area contributed by atoms with Crippen LogP contribution in [0.3, 0.4) is 0 Å². The molecule has 7 nitrogen and oxygen atoms in total. The summed E-state index contributed by atoms with van der Waals surface area (Å²) in [6, 6.07) is 6.52. The van der Waals surface area contributed by atoms with Gasteiger partial charge in [0.15, 0.2) is 22.3 Å². The molecule has 8 heteroatoms. The summed E-state index contributed by atoms with van der Waals surface area (Å²) in [5, 5.41) is 2.66. The highest BCUT2D eigenvalue weighted by atomic mass is 32.1. The van der Waals surface area contributed by atoms with E-state index < -0.39 is 0 Å². The average Bonchev–Trinajstić information content (AvgIpc) is 3.24. The molecular weight excluding hydrogens is 378 g/mol. The molecule has 2 aromatic rings. The summed E-state index contributed by atoms with van der Waals surface area (Å²) in [4.78, 5) is 21.0. The maximum absolute atomic E-state index is 11.8. The molecule has 0 radical (unpaired) electrons. The van der Waals surface area contributed by atoms with Gasteiger partial charge in [0.25, 0.3) is 0 Å². The summed E-state index contributed by atoms with van der Waals surface area (Å²) in [6.07, 6.45) is 0. The van der Waals surface area contributed by atoms with E-state index in [1.807, 2.05) is 6.07 Å². The monoisotopic (exact) mass is 403 g/mol. The number of hydrogen-bond donors (Lipinski definition) is 0. The molecule has 1 saturated heterocycles. The zero-order valence-electron chi connectivity index (χ0n) is 16.2. The summed E-state index contributed by atoms with van der Waals surface area (Å²) >= 11 is 1.50. The first-order valence-corrected chi connectivity index (χ1v) is 10.5. The van der Waals surface area contributed by atoms with Gasteiger partial charge in [0.2, 0.25) is 0 Å². The second-order valence-electron chi connectivity index (χ2n) is 6.84. The number of nitrogens with zero attached hydrogens (tertiary/aromatic N) is 3. The first kappa shape index (κ1) is 19.0. The van der Waals surface area contributed by atoms with Crippen molar-refractivity contribution in [3.63, 3.8) is 0 Å². The molecule has 0 saturated carbocycles. The number of aromatic nitrogens is 1. The van der Waals surface area contributed by atoms with Gasteiger partial charge in [-0.2, -0.15) is 0 Å². The fourth-order valence-electron chi connectivity index (χ4n) is 3.54. The SMILES string of the molecule is CCOC(=O)c1csc(N2CCN(C(C)c3ccc4c(c3)OCCO4)CC2)n1. The number of piperazine rings is 1. The van der Waals surface area contributed by atoms with Gasteiger partial charge in [-0.3, -0.25) is 4.90 Å². The van der Waals surface area contributed by atoms with E-state index in [-0.39, 0.29) is 5.97 Å². The van der Waals surface area contributed by atoms with Crippen molar-refractivity contribution in [2.24, 2.45) is 0 Å². The third-order valence-electron chi connectivity index (χ3n) is 5.16. The first-order chi connectivity index (χ1) is 13.7. The number of benzene rings is 1. The molecule has 0 amide bonds. The van der Waals surface area contributed by atoms with E-state index in [0.29, 0.717) is 31.6 Å². The molecule has 28 heavy (non-hydrogen) atoms. The molecule has 0 bridgehead atoms. The molecule has 4 rings (SSSR count). The highest BCUT2D eigenvalue weighted by Gasteiger charge is 2.25. The van der Waals surface area contributed by atoms with Crippen LogP contribution in [-0.4, -0.2) is 61.9 Å².